The summed E-state index contributed by atoms with van der Waals surface area (Å²) < 4.78 is 0. The highest BCUT2D eigenvalue weighted by molar-refractivity contribution is 5.14. The second kappa shape index (κ2) is 3.93. The van der Waals surface area contributed by atoms with Crippen LogP contribution in [0.4, 0.5) is 0 Å². The lowest BCUT2D eigenvalue weighted by molar-refractivity contribution is 0.241. The van der Waals surface area contributed by atoms with Gasteiger partial charge in [-0.15, -0.1) is 0 Å². The lowest BCUT2D eigenvalue weighted by Crippen LogP contribution is -2.39. The first-order valence-electron chi connectivity index (χ1n) is 5.16. The predicted octanol–water partition coefficient (Wildman–Crippen LogP) is 2.36. The van der Waals surface area contributed by atoms with Gasteiger partial charge in [0.15, 0.2) is 0 Å². The van der Waals surface area contributed by atoms with Crippen LogP contribution in [0.5, 0.6) is 0 Å². The number of hydrogen-bond donors (Lipinski definition) is 1. The van der Waals surface area contributed by atoms with Crippen molar-refractivity contribution < 1.29 is 0 Å². The van der Waals surface area contributed by atoms with Crippen molar-refractivity contribution in [2.75, 3.05) is 0 Å². The molecule has 2 atom stereocenters. The van der Waals surface area contributed by atoms with Crippen LogP contribution in [0.25, 0.3) is 0 Å². The van der Waals surface area contributed by atoms with E-state index >= 15 is 0 Å². The molecule has 1 aromatic rings. The summed E-state index contributed by atoms with van der Waals surface area (Å²) in [4.78, 5) is 0. The van der Waals surface area contributed by atoms with E-state index in [4.69, 9.17) is 5.73 Å². The maximum absolute atomic E-state index is 5.89. The molecule has 0 amide bonds. The number of rotatable bonds is 3. The highest BCUT2D eigenvalue weighted by Crippen LogP contribution is 2.29. The molecular formula is C12H17N. The molecule has 70 valence electrons. The van der Waals surface area contributed by atoms with Crippen LogP contribution in [0.2, 0.25) is 0 Å². The average molecular weight is 175 g/mol. The molecule has 0 aromatic heterocycles. The lowest BCUT2D eigenvalue weighted by atomic mass is 9.77. The van der Waals surface area contributed by atoms with E-state index in [0.29, 0.717) is 6.04 Å². The Labute approximate surface area is 80.0 Å². The van der Waals surface area contributed by atoms with Crippen molar-refractivity contribution in [1.82, 2.24) is 0 Å². The molecule has 2 N–H and O–H groups in total. The van der Waals surface area contributed by atoms with Gasteiger partial charge in [0.2, 0.25) is 0 Å². The van der Waals surface area contributed by atoms with Gasteiger partial charge in [-0.3, -0.25) is 0 Å². The van der Waals surface area contributed by atoms with Crippen LogP contribution in [0.1, 0.15) is 24.8 Å². The molecule has 0 spiro atoms. The third-order valence-corrected chi connectivity index (χ3v) is 3.12. The highest BCUT2D eigenvalue weighted by atomic mass is 14.7. The SMILES string of the molecule is NC1CCC1CCc1ccccc1. The molecule has 1 aliphatic rings. The monoisotopic (exact) mass is 175 g/mol. The molecule has 1 heteroatoms. The third kappa shape index (κ3) is 2.10. The van der Waals surface area contributed by atoms with E-state index in [1.165, 1.54) is 31.2 Å². The molecule has 0 saturated heterocycles. The van der Waals surface area contributed by atoms with Crippen LogP contribution in [0.15, 0.2) is 30.3 Å². The largest absolute Gasteiger partial charge is 0.327 e. The first kappa shape index (κ1) is 8.76. The second-order valence-corrected chi connectivity index (χ2v) is 4.03. The first-order valence-corrected chi connectivity index (χ1v) is 5.16. The minimum atomic E-state index is 0.490. The van der Waals surface area contributed by atoms with E-state index in [1.807, 2.05) is 0 Å². The molecule has 2 rings (SSSR count). The van der Waals surface area contributed by atoms with Gasteiger partial charge in [0, 0.05) is 6.04 Å². The van der Waals surface area contributed by atoms with Crippen LogP contribution in [0, 0.1) is 5.92 Å². The fraction of sp³-hybridized carbons (Fsp3) is 0.500. The zero-order valence-electron chi connectivity index (χ0n) is 7.95. The number of aryl methyl sites for hydroxylation is 1. The van der Waals surface area contributed by atoms with E-state index in [-0.39, 0.29) is 0 Å². The fourth-order valence-electron chi connectivity index (χ4n) is 1.95. The molecule has 1 aliphatic carbocycles. The van der Waals surface area contributed by atoms with Gasteiger partial charge in [0.1, 0.15) is 0 Å². The Bertz CT molecular complexity index is 255. The number of benzene rings is 1. The van der Waals surface area contributed by atoms with Gasteiger partial charge in [0.05, 0.1) is 0 Å². The van der Waals surface area contributed by atoms with Crippen LogP contribution >= 0.6 is 0 Å². The van der Waals surface area contributed by atoms with E-state index in [9.17, 15) is 0 Å². The molecule has 1 nitrogen and oxygen atoms in total. The normalized spacial score (nSPS) is 26.8. The molecule has 1 saturated carbocycles. The summed E-state index contributed by atoms with van der Waals surface area (Å²) in [6.07, 6.45) is 5.04. The van der Waals surface area contributed by atoms with Gasteiger partial charge in [-0.1, -0.05) is 30.3 Å². The summed E-state index contributed by atoms with van der Waals surface area (Å²) in [7, 11) is 0. The first-order chi connectivity index (χ1) is 6.36. The van der Waals surface area contributed by atoms with E-state index in [0.717, 1.165) is 5.92 Å². The van der Waals surface area contributed by atoms with Gasteiger partial charge >= 0.3 is 0 Å². The molecule has 1 fully saturated rings. The summed E-state index contributed by atoms with van der Waals surface area (Å²) in [6.45, 7) is 0. The zero-order valence-corrected chi connectivity index (χ0v) is 7.95. The molecule has 0 aliphatic heterocycles. The Morgan fingerprint density at radius 3 is 2.46 bits per heavy atom. The summed E-state index contributed by atoms with van der Waals surface area (Å²) in [5.74, 6) is 0.792. The van der Waals surface area contributed by atoms with Gasteiger partial charge in [-0.2, -0.15) is 0 Å². The van der Waals surface area contributed by atoms with Gasteiger partial charge in [0.25, 0.3) is 0 Å². The number of hydrogen-bond acceptors (Lipinski definition) is 1. The molecule has 0 radical (unpaired) electrons. The Morgan fingerprint density at radius 1 is 1.15 bits per heavy atom. The van der Waals surface area contributed by atoms with Crippen molar-refractivity contribution in [3.05, 3.63) is 35.9 Å². The molecule has 2 unspecified atom stereocenters. The summed E-state index contributed by atoms with van der Waals surface area (Å²) in [6, 6.07) is 11.2. The minimum absolute atomic E-state index is 0.490. The van der Waals surface area contributed by atoms with Crippen molar-refractivity contribution >= 4 is 0 Å². The van der Waals surface area contributed by atoms with Crippen LogP contribution in [0.3, 0.4) is 0 Å². The van der Waals surface area contributed by atoms with E-state index in [1.54, 1.807) is 0 Å². The molecular weight excluding hydrogens is 158 g/mol. The lowest BCUT2D eigenvalue weighted by Gasteiger charge is -2.33. The fourth-order valence-corrected chi connectivity index (χ4v) is 1.95. The second-order valence-electron chi connectivity index (χ2n) is 4.03. The van der Waals surface area contributed by atoms with Crippen molar-refractivity contribution in [3.8, 4) is 0 Å². The van der Waals surface area contributed by atoms with E-state index < -0.39 is 0 Å². The van der Waals surface area contributed by atoms with Gasteiger partial charge < -0.3 is 5.73 Å². The van der Waals surface area contributed by atoms with E-state index in [2.05, 4.69) is 30.3 Å². The Balaban J connectivity index is 1.80. The van der Waals surface area contributed by atoms with Crippen LogP contribution < -0.4 is 5.73 Å². The Kier molecular flexibility index (Phi) is 2.65. The topological polar surface area (TPSA) is 26.0 Å². The summed E-state index contributed by atoms with van der Waals surface area (Å²) in [5, 5.41) is 0. The standard InChI is InChI=1S/C12H17N/c13-12-9-8-11(12)7-6-10-4-2-1-3-5-10/h1-5,11-12H,6-9,13H2. The Hall–Kier alpha value is -0.820. The smallest absolute Gasteiger partial charge is 0.00673 e. The summed E-state index contributed by atoms with van der Waals surface area (Å²) in [5.41, 5.74) is 7.33. The third-order valence-electron chi connectivity index (χ3n) is 3.12. The van der Waals surface area contributed by atoms with Crippen LogP contribution in [-0.2, 0) is 6.42 Å². The maximum Gasteiger partial charge on any atom is 0.00673 e. The zero-order chi connectivity index (χ0) is 9.10. The predicted molar refractivity (Wildman–Crippen MR) is 55.5 cm³/mol. The quantitative estimate of drug-likeness (QED) is 0.749. The molecule has 0 bridgehead atoms. The van der Waals surface area contributed by atoms with Gasteiger partial charge in [-0.05, 0) is 37.2 Å². The van der Waals surface area contributed by atoms with Crippen molar-refractivity contribution in [3.63, 3.8) is 0 Å². The highest BCUT2D eigenvalue weighted by Gasteiger charge is 2.26. The molecule has 0 heterocycles. The minimum Gasteiger partial charge on any atom is -0.327 e. The van der Waals surface area contributed by atoms with Crippen LogP contribution in [-0.4, -0.2) is 6.04 Å². The van der Waals surface area contributed by atoms with Gasteiger partial charge in [-0.25, -0.2) is 0 Å². The van der Waals surface area contributed by atoms with Crippen molar-refractivity contribution in [1.29, 1.82) is 0 Å². The summed E-state index contributed by atoms with van der Waals surface area (Å²) >= 11 is 0. The Morgan fingerprint density at radius 2 is 1.92 bits per heavy atom. The van der Waals surface area contributed by atoms with Crippen molar-refractivity contribution in [2.45, 2.75) is 31.7 Å². The molecule has 13 heavy (non-hydrogen) atoms. The average Bonchev–Trinajstić information content (AvgIpc) is 2.17. The van der Waals surface area contributed by atoms with Crippen molar-refractivity contribution in [2.24, 2.45) is 11.7 Å². The molecule has 1 aromatic carbocycles. The maximum atomic E-state index is 5.89. The number of nitrogens with two attached hydrogens (primary N) is 1.